The Hall–Kier alpha value is -8.54. The number of nitrogens with zero attached hydrogens (tertiary/aromatic N) is 6. The molecule has 706 valence electrons. The summed E-state index contributed by atoms with van der Waals surface area (Å²) in [7, 11) is 0. The summed E-state index contributed by atoms with van der Waals surface area (Å²) in [5, 5.41) is 2.26. The molecule has 0 bridgehead atoms. The molecule has 12 heterocycles. The van der Waals surface area contributed by atoms with Gasteiger partial charge in [0.2, 0.25) is 0 Å². The van der Waals surface area contributed by atoms with E-state index in [0.717, 1.165) is 157 Å². The van der Waals surface area contributed by atoms with Crippen molar-refractivity contribution >= 4 is 246 Å². The molecule has 12 aromatic rings. The van der Waals surface area contributed by atoms with Crippen LogP contribution in [0.1, 0.15) is 392 Å². The molecule has 12 amide bonds. The van der Waals surface area contributed by atoms with Crippen LogP contribution in [0, 0.1) is 6.92 Å². The van der Waals surface area contributed by atoms with Gasteiger partial charge < -0.3 is 0 Å². The molecular formula is C108H125BrN6O12S6Sn. The summed E-state index contributed by atoms with van der Waals surface area (Å²) in [6.07, 6.45) is 30.1. The molecule has 6 aliphatic rings. The molecule has 6 aliphatic heterocycles. The number of fused-ring (bicyclic) bond motifs is 6. The van der Waals surface area contributed by atoms with Crippen molar-refractivity contribution in [3.8, 4) is 20.9 Å². The topological polar surface area (TPSA) is 224 Å². The van der Waals surface area contributed by atoms with Gasteiger partial charge in [-0.25, -0.2) is 0 Å². The number of benzene rings is 6. The molecule has 18 nitrogen and oxygen atoms in total. The summed E-state index contributed by atoms with van der Waals surface area (Å²) in [5.41, 5.74) is 4.96. The predicted molar refractivity (Wildman–Crippen MR) is 561 cm³/mol. The van der Waals surface area contributed by atoms with Gasteiger partial charge in [-0.15, -0.1) is 34.0 Å². The molecule has 26 heteroatoms. The van der Waals surface area contributed by atoms with E-state index in [2.05, 4.69) is 109 Å². The van der Waals surface area contributed by atoms with Crippen molar-refractivity contribution in [1.29, 1.82) is 0 Å². The van der Waals surface area contributed by atoms with Crippen molar-refractivity contribution in [2.24, 2.45) is 0 Å². The van der Waals surface area contributed by atoms with E-state index in [0.29, 0.717) is 153 Å². The summed E-state index contributed by atoms with van der Waals surface area (Å²) in [4.78, 5) is 180. The second-order valence-corrected chi connectivity index (χ2v) is 58.5. The van der Waals surface area contributed by atoms with Crippen LogP contribution in [0.4, 0.5) is 0 Å². The number of hydrogen-bond donors (Lipinski definition) is 0. The van der Waals surface area contributed by atoms with Crippen molar-refractivity contribution in [1.82, 2.24) is 29.4 Å². The van der Waals surface area contributed by atoms with Crippen LogP contribution in [-0.4, -0.2) is 158 Å². The minimum atomic E-state index is -2.24. The van der Waals surface area contributed by atoms with E-state index in [4.69, 9.17) is 0 Å². The van der Waals surface area contributed by atoms with Gasteiger partial charge in [0.1, 0.15) is 0 Å². The Kier molecular flexibility index (Phi) is 32.6. The summed E-state index contributed by atoms with van der Waals surface area (Å²) in [6.45, 7) is 23.8. The standard InChI is InChI=1S/C60H60N4O8S3.C26H29BrN2O4.C9H5S3.3C4H9.CH4.Sn/c1-5-9-13-17-25-61-53(65)33-21-23-35-47-45(33)39(57(61)69)29-37(49(47)59(71)63(55(35)67)27-19-15-11-7-3)41-31-43-51(74-41)52-44(73-43)32-42(75-52)38-30-40-46-34(54(66)62(58(40)70)26-18-14-10-6-2)22-24-36-48(46)50(38)60(72)64(56(36)68)28-20-16-12-8-4;1-3-5-7-9-13-28-23(30)16-11-12-17-21-20(16)18(25(28)32)15-19(27)22(21)26(33)29(24(17)31)14-10-8-6-4-2;1-5-4-7-9(11-5)8-6(12-7)2-3-10-8;3*1-3-4-2;;/h21-24,29-32H,5-20,25-28H2,1-4H3;11-12,15H,3-10,13-14H2,1-2H3;2,4H,1H3;3*1,3-4H2,2H3;1H4;. The number of rotatable bonds is 42. The van der Waals surface area contributed by atoms with Crippen LogP contribution in [-0.2, 0) is 0 Å². The molecule has 0 fully saturated rings. The van der Waals surface area contributed by atoms with E-state index in [1.165, 1.54) is 100 Å². The fraction of sp³-hybridized carbons (Fsp3) is 0.463. The Morgan fingerprint density at radius 1 is 0.246 bits per heavy atom. The van der Waals surface area contributed by atoms with E-state index in [1.54, 1.807) is 93.3 Å². The molecule has 0 unspecified atom stereocenters. The number of imide groups is 6. The van der Waals surface area contributed by atoms with Gasteiger partial charge in [-0.1, -0.05) is 165 Å². The zero-order valence-corrected chi connectivity index (χ0v) is 87.8. The number of amides is 12. The monoisotopic (exact) mass is 2090 g/mol. The molecule has 0 N–H and O–H groups in total. The number of unbranched alkanes of at least 4 members (excludes halogenated alkanes) is 21. The Bertz CT molecular complexity index is 6420. The first kappa shape index (κ1) is 99.9. The van der Waals surface area contributed by atoms with Gasteiger partial charge in [-0.2, -0.15) is 0 Å². The first-order valence-electron chi connectivity index (χ1n) is 49.1. The van der Waals surface area contributed by atoms with Crippen molar-refractivity contribution in [3.63, 3.8) is 0 Å². The SMILES string of the molecule is C.CCCCCCN1C(=O)c2ccc3c4c(c(-c5cc6sc7cc(-c8cc9c%10c(ccc%11c%10c8C(=O)N(CCCCCC)C%11=O)C(=O)N(CCCCCC)C9=O)sc7c6s5)cc(c24)C1=O)C(=O)N(CCCCCC)C3=O.CCCCCCN1C(=O)c2ccc3c4c(c(Br)cc(c24)C1=O)C(=O)N(CCCCCC)C3=O.CCC[CH2][Sn]([CH2]CCC)([CH2]CCC)[c]1cc2sc3cc(C)sc3c2s1. The van der Waals surface area contributed by atoms with Crippen molar-refractivity contribution < 1.29 is 57.5 Å². The van der Waals surface area contributed by atoms with E-state index in [1.807, 2.05) is 37.7 Å². The first-order chi connectivity index (χ1) is 64.5. The summed E-state index contributed by atoms with van der Waals surface area (Å²) in [6, 6.07) is 24.2. The van der Waals surface area contributed by atoms with Gasteiger partial charge in [0, 0.05) is 156 Å². The van der Waals surface area contributed by atoms with Gasteiger partial charge in [-0.05, 0) is 121 Å². The van der Waals surface area contributed by atoms with Crippen LogP contribution >= 0.6 is 84.0 Å². The number of halogens is 1. The quantitative estimate of drug-likeness (QED) is 0.0198. The summed E-state index contributed by atoms with van der Waals surface area (Å²) < 4.78 is 17.2. The second-order valence-electron chi connectivity index (χ2n) is 36.9. The number of carbonyl (C=O) groups excluding carboxylic acids is 12. The summed E-state index contributed by atoms with van der Waals surface area (Å²) in [5.74, 6) is -4.92. The van der Waals surface area contributed by atoms with Crippen molar-refractivity contribution in [2.75, 3.05) is 39.3 Å². The Balaban J connectivity index is 0.000000189. The number of hydrogen-bond acceptors (Lipinski definition) is 18. The Morgan fingerprint density at radius 2 is 0.500 bits per heavy atom. The van der Waals surface area contributed by atoms with E-state index in [9.17, 15) is 57.5 Å². The van der Waals surface area contributed by atoms with Gasteiger partial charge in [0.25, 0.3) is 70.9 Å². The predicted octanol–water partition coefficient (Wildman–Crippen LogP) is 29.7. The maximum absolute atomic E-state index is 15.0. The molecule has 0 atom stereocenters. The number of aryl methyl sites for hydroxylation is 1. The number of carbonyl (C=O) groups is 12. The third-order valence-electron chi connectivity index (χ3n) is 27.7. The van der Waals surface area contributed by atoms with Gasteiger partial charge in [0.15, 0.2) is 0 Å². The van der Waals surface area contributed by atoms with Gasteiger partial charge in [-0.3, -0.25) is 86.9 Å². The average Bonchev–Trinajstić information content (AvgIpc) is 1.19. The Labute approximate surface area is 823 Å². The fourth-order valence-electron chi connectivity index (χ4n) is 20.6. The zero-order chi connectivity index (χ0) is 94.0. The normalized spacial score (nSPS) is 14.7. The van der Waals surface area contributed by atoms with Crippen LogP contribution < -0.4 is 2.89 Å². The molecule has 0 spiro atoms. The molecule has 0 saturated heterocycles. The second kappa shape index (κ2) is 43.7. The van der Waals surface area contributed by atoms with Gasteiger partial charge >= 0.3 is 171 Å². The van der Waals surface area contributed by atoms with Crippen molar-refractivity contribution in [2.45, 2.75) is 283 Å². The molecule has 18 rings (SSSR count). The van der Waals surface area contributed by atoms with Gasteiger partial charge in [0.05, 0.1) is 26.1 Å². The molecular weight excluding hydrogens is 1960 g/mol. The molecule has 0 aliphatic carbocycles. The van der Waals surface area contributed by atoms with Crippen LogP contribution in [0.5, 0.6) is 0 Å². The first-order valence-corrected chi connectivity index (χ1v) is 62.3. The molecule has 0 radical (unpaired) electrons. The third kappa shape index (κ3) is 18.6. The fourth-order valence-corrected chi connectivity index (χ4v) is 48.6. The number of thiophene rings is 6. The minimum absolute atomic E-state index is 0. The Morgan fingerprint density at radius 3 is 0.821 bits per heavy atom. The van der Waals surface area contributed by atoms with Crippen LogP contribution in [0.15, 0.2) is 83.3 Å². The molecule has 6 aromatic heterocycles. The zero-order valence-electron chi connectivity index (χ0n) is 78.5. The average molecular weight is 2090 g/mol. The summed E-state index contributed by atoms with van der Waals surface area (Å²) >= 11 is 12.0. The third-order valence-corrected chi connectivity index (χ3v) is 54.1. The van der Waals surface area contributed by atoms with Crippen LogP contribution in [0.2, 0.25) is 13.3 Å². The van der Waals surface area contributed by atoms with E-state index in [-0.39, 0.29) is 57.2 Å². The molecule has 6 aromatic carbocycles. The van der Waals surface area contributed by atoms with E-state index >= 15 is 0 Å². The molecule has 134 heavy (non-hydrogen) atoms. The van der Waals surface area contributed by atoms with E-state index < -0.39 is 65.6 Å². The maximum atomic E-state index is 15.0. The molecule has 0 saturated carbocycles. The van der Waals surface area contributed by atoms with Crippen LogP contribution in [0.25, 0.3) is 90.8 Å². The van der Waals surface area contributed by atoms with Crippen LogP contribution in [0.3, 0.4) is 0 Å². The van der Waals surface area contributed by atoms with Crippen molar-refractivity contribution in [3.05, 3.63) is 155 Å².